The van der Waals surface area contributed by atoms with E-state index in [1.54, 1.807) is 0 Å². The van der Waals surface area contributed by atoms with Crippen LogP contribution in [0.3, 0.4) is 0 Å². The number of morpholine rings is 1. The van der Waals surface area contributed by atoms with Gasteiger partial charge in [-0.15, -0.1) is 0 Å². The van der Waals surface area contributed by atoms with Gasteiger partial charge in [-0.05, 0) is 31.6 Å². The Kier molecular flexibility index (Phi) is 5.05. The van der Waals surface area contributed by atoms with E-state index in [-0.39, 0.29) is 0 Å². The third kappa shape index (κ3) is 4.22. The van der Waals surface area contributed by atoms with Gasteiger partial charge in [0.2, 0.25) is 0 Å². The lowest BCUT2D eigenvalue weighted by molar-refractivity contribution is -0.0194. The first kappa shape index (κ1) is 14.3. The minimum Gasteiger partial charge on any atom is -0.379 e. The smallest absolute Gasteiger partial charge is 0.0619 e. The minimum absolute atomic E-state index is 0.420. The van der Waals surface area contributed by atoms with Crippen molar-refractivity contribution >= 4 is 0 Å². The van der Waals surface area contributed by atoms with Crippen molar-refractivity contribution in [3.8, 4) is 0 Å². The first-order valence-corrected chi connectivity index (χ1v) is 7.68. The number of rotatable bonds is 7. The van der Waals surface area contributed by atoms with E-state index in [0.29, 0.717) is 11.5 Å². The van der Waals surface area contributed by atoms with Crippen LogP contribution in [0.15, 0.2) is 0 Å². The highest BCUT2D eigenvalue weighted by molar-refractivity contribution is 4.88. The van der Waals surface area contributed by atoms with Gasteiger partial charge in [-0.2, -0.15) is 0 Å². The Bertz CT molecular complexity index is 255. The molecule has 0 amide bonds. The molecular weight excluding hydrogens is 224 g/mol. The molecule has 1 heterocycles. The molecular formula is C15H30N2O. The molecule has 1 aliphatic heterocycles. The fourth-order valence-electron chi connectivity index (χ4n) is 2.99. The van der Waals surface area contributed by atoms with Crippen LogP contribution in [-0.4, -0.2) is 49.8 Å². The van der Waals surface area contributed by atoms with Crippen molar-refractivity contribution in [2.45, 2.75) is 58.5 Å². The van der Waals surface area contributed by atoms with Crippen LogP contribution in [0.4, 0.5) is 0 Å². The summed E-state index contributed by atoms with van der Waals surface area (Å²) < 4.78 is 5.54. The van der Waals surface area contributed by atoms with Crippen LogP contribution in [-0.2, 0) is 4.74 Å². The number of ether oxygens (including phenoxy) is 1. The second kappa shape index (κ2) is 6.36. The summed E-state index contributed by atoms with van der Waals surface area (Å²) in [7, 11) is 0. The molecule has 2 aliphatic rings. The van der Waals surface area contributed by atoms with Crippen molar-refractivity contribution in [2.24, 2.45) is 5.41 Å². The first-order chi connectivity index (χ1) is 8.63. The van der Waals surface area contributed by atoms with Gasteiger partial charge in [0.25, 0.3) is 0 Å². The molecule has 0 aromatic heterocycles. The number of nitrogens with one attached hydrogen (secondary N) is 1. The first-order valence-electron chi connectivity index (χ1n) is 7.68. The Labute approximate surface area is 112 Å². The van der Waals surface area contributed by atoms with Crippen LogP contribution >= 0.6 is 0 Å². The van der Waals surface area contributed by atoms with Gasteiger partial charge in [0, 0.05) is 31.7 Å². The summed E-state index contributed by atoms with van der Waals surface area (Å²) in [5.74, 6) is 0. The van der Waals surface area contributed by atoms with E-state index in [0.717, 1.165) is 25.8 Å². The molecule has 1 saturated carbocycles. The Morgan fingerprint density at radius 1 is 1.39 bits per heavy atom. The monoisotopic (exact) mass is 254 g/mol. The van der Waals surface area contributed by atoms with Crippen LogP contribution < -0.4 is 5.32 Å². The van der Waals surface area contributed by atoms with Crippen molar-refractivity contribution in [1.82, 2.24) is 10.2 Å². The molecule has 0 aromatic rings. The maximum absolute atomic E-state index is 5.54. The molecule has 1 aliphatic carbocycles. The highest BCUT2D eigenvalue weighted by Gasteiger charge is 2.31. The third-order valence-corrected chi connectivity index (χ3v) is 4.34. The van der Waals surface area contributed by atoms with Crippen molar-refractivity contribution in [3.05, 3.63) is 0 Å². The fourth-order valence-corrected chi connectivity index (χ4v) is 2.99. The van der Waals surface area contributed by atoms with Gasteiger partial charge in [-0.25, -0.2) is 0 Å². The molecule has 3 nitrogen and oxygen atoms in total. The fraction of sp³-hybridized carbons (Fsp3) is 1.00. The molecule has 2 rings (SSSR count). The van der Waals surface area contributed by atoms with Crippen LogP contribution in [0, 0.1) is 5.41 Å². The van der Waals surface area contributed by atoms with Crippen LogP contribution in [0.25, 0.3) is 0 Å². The quantitative estimate of drug-likeness (QED) is 0.754. The second-order valence-corrected chi connectivity index (χ2v) is 6.61. The Hall–Kier alpha value is -0.120. The Morgan fingerprint density at radius 3 is 2.78 bits per heavy atom. The largest absolute Gasteiger partial charge is 0.379 e. The lowest BCUT2D eigenvalue weighted by Crippen LogP contribution is -2.50. The Balaban J connectivity index is 1.85. The van der Waals surface area contributed by atoms with Crippen LogP contribution in [0.5, 0.6) is 0 Å². The van der Waals surface area contributed by atoms with E-state index >= 15 is 0 Å². The van der Waals surface area contributed by atoms with Gasteiger partial charge in [0.05, 0.1) is 13.2 Å². The average molecular weight is 254 g/mol. The normalized spacial score (nSPS) is 29.2. The van der Waals surface area contributed by atoms with Crippen LogP contribution in [0.2, 0.25) is 0 Å². The van der Waals surface area contributed by atoms with Crippen molar-refractivity contribution in [1.29, 1.82) is 0 Å². The predicted octanol–water partition coefficient (Wildman–Crippen LogP) is 2.27. The summed E-state index contributed by atoms with van der Waals surface area (Å²) in [5.41, 5.74) is 0.420. The van der Waals surface area contributed by atoms with E-state index in [4.69, 9.17) is 4.74 Å². The summed E-state index contributed by atoms with van der Waals surface area (Å²) in [5, 5.41) is 3.73. The standard InChI is InChI=1S/C15H30N2O/c1-4-7-15(3,11-16-14-5-6-14)12-17-8-9-18-10-13(17)2/h13-14,16H,4-12H2,1-3H3. The predicted molar refractivity (Wildman–Crippen MR) is 75.9 cm³/mol. The minimum atomic E-state index is 0.420. The van der Waals surface area contributed by atoms with E-state index < -0.39 is 0 Å². The zero-order valence-corrected chi connectivity index (χ0v) is 12.4. The molecule has 18 heavy (non-hydrogen) atoms. The summed E-state index contributed by atoms with van der Waals surface area (Å²) in [6.45, 7) is 12.3. The van der Waals surface area contributed by atoms with Gasteiger partial charge >= 0.3 is 0 Å². The van der Waals surface area contributed by atoms with Gasteiger partial charge < -0.3 is 10.1 Å². The molecule has 1 N–H and O–H groups in total. The number of nitrogens with zero attached hydrogens (tertiary/aromatic N) is 1. The maximum atomic E-state index is 5.54. The molecule has 0 aromatic carbocycles. The molecule has 2 fully saturated rings. The second-order valence-electron chi connectivity index (χ2n) is 6.61. The van der Waals surface area contributed by atoms with Crippen molar-refractivity contribution in [3.63, 3.8) is 0 Å². The van der Waals surface area contributed by atoms with E-state index in [1.807, 2.05) is 0 Å². The van der Waals surface area contributed by atoms with E-state index in [9.17, 15) is 0 Å². The SMILES string of the molecule is CCCC(C)(CNC1CC1)CN1CCOCC1C. The molecule has 0 spiro atoms. The third-order valence-electron chi connectivity index (χ3n) is 4.34. The lowest BCUT2D eigenvalue weighted by atomic mass is 9.84. The summed E-state index contributed by atoms with van der Waals surface area (Å²) >= 11 is 0. The lowest BCUT2D eigenvalue weighted by Gasteiger charge is -2.41. The molecule has 2 unspecified atom stereocenters. The molecule has 0 radical (unpaired) electrons. The number of hydrogen-bond donors (Lipinski definition) is 1. The number of hydrogen-bond acceptors (Lipinski definition) is 3. The molecule has 0 bridgehead atoms. The Morgan fingerprint density at radius 2 is 2.17 bits per heavy atom. The van der Waals surface area contributed by atoms with E-state index in [2.05, 4.69) is 31.0 Å². The van der Waals surface area contributed by atoms with Gasteiger partial charge in [0.15, 0.2) is 0 Å². The average Bonchev–Trinajstić information content (AvgIpc) is 3.14. The molecule has 1 saturated heterocycles. The van der Waals surface area contributed by atoms with E-state index in [1.165, 1.54) is 38.8 Å². The van der Waals surface area contributed by atoms with Crippen molar-refractivity contribution < 1.29 is 4.74 Å². The maximum Gasteiger partial charge on any atom is 0.0619 e. The summed E-state index contributed by atoms with van der Waals surface area (Å²) in [4.78, 5) is 2.62. The highest BCUT2D eigenvalue weighted by atomic mass is 16.5. The summed E-state index contributed by atoms with van der Waals surface area (Å²) in [6, 6.07) is 1.40. The molecule has 106 valence electrons. The van der Waals surface area contributed by atoms with Gasteiger partial charge in [-0.3, -0.25) is 4.90 Å². The van der Waals surface area contributed by atoms with Gasteiger partial charge in [0.1, 0.15) is 0 Å². The molecule has 3 heteroatoms. The highest BCUT2D eigenvalue weighted by Crippen LogP contribution is 2.28. The summed E-state index contributed by atoms with van der Waals surface area (Å²) in [6.07, 6.45) is 5.37. The zero-order valence-electron chi connectivity index (χ0n) is 12.4. The van der Waals surface area contributed by atoms with Crippen LogP contribution in [0.1, 0.15) is 46.5 Å². The zero-order chi connectivity index (χ0) is 13.0. The van der Waals surface area contributed by atoms with Crippen molar-refractivity contribution in [2.75, 3.05) is 32.8 Å². The topological polar surface area (TPSA) is 24.5 Å². The van der Waals surface area contributed by atoms with Gasteiger partial charge in [-0.1, -0.05) is 20.3 Å². The molecule has 2 atom stereocenters.